The number of aryl methyl sites for hydroxylation is 1. The van der Waals surface area contributed by atoms with Gasteiger partial charge >= 0.3 is 0 Å². The zero-order chi connectivity index (χ0) is 14.3. The van der Waals surface area contributed by atoms with E-state index in [1.165, 1.54) is 0 Å². The summed E-state index contributed by atoms with van der Waals surface area (Å²) in [6.07, 6.45) is 2.02. The Kier molecular flexibility index (Phi) is 6.48. The lowest BCUT2D eigenvalue weighted by Crippen LogP contribution is -2.29. The maximum Gasteiger partial charge on any atom is 0.251 e. The second kappa shape index (κ2) is 7.88. The summed E-state index contributed by atoms with van der Waals surface area (Å²) in [6, 6.07) is 5.48. The molecule has 102 valence electrons. The number of thioether (sulfide) groups is 1. The number of hydrogen-bond donors (Lipinski definition) is 2. The smallest absolute Gasteiger partial charge is 0.251 e. The van der Waals surface area contributed by atoms with Crippen LogP contribution in [0.3, 0.4) is 0 Å². The fourth-order valence-electron chi connectivity index (χ4n) is 1.50. The molecule has 0 spiro atoms. The van der Waals surface area contributed by atoms with Gasteiger partial charge in [0.2, 0.25) is 0 Å². The van der Waals surface area contributed by atoms with Gasteiger partial charge in [0.25, 0.3) is 5.91 Å². The van der Waals surface area contributed by atoms with Crippen LogP contribution in [0.4, 0.5) is 0 Å². The van der Waals surface area contributed by atoms with E-state index in [4.69, 9.17) is 5.11 Å². The molecule has 0 aliphatic carbocycles. The predicted octanol–water partition coefficient (Wildman–Crippen LogP) is 1.82. The van der Waals surface area contributed by atoms with Gasteiger partial charge < -0.3 is 10.4 Å². The summed E-state index contributed by atoms with van der Waals surface area (Å²) in [6.45, 7) is 4.43. The fourth-order valence-corrected chi connectivity index (χ4v) is 1.75. The van der Waals surface area contributed by atoms with Crippen LogP contribution in [-0.4, -0.2) is 35.7 Å². The number of carbonyl (C=O) groups is 1. The van der Waals surface area contributed by atoms with Crippen molar-refractivity contribution in [2.45, 2.75) is 19.1 Å². The van der Waals surface area contributed by atoms with Gasteiger partial charge in [0.15, 0.2) is 0 Å². The average molecular weight is 277 g/mol. The summed E-state index contributed by atoms with van der Waals surface area (Å²) in [4.78, 5) is 12.1. The Morgan fingerprint density at radius 3 is 2.89 bits per heavy atom. The molecule has 1 aromatic rings. The van der Waals surface area contributed by atoms with E-state index >= 15 is 0 Å². The molecule has 0 radical (unpaired) electrons. The molecule has 0 aromatic heterocycles. The van der Waals surface area contributed by atoms with Crippen molar-refractivity contribution in [3.63, 3.8) is 0 Å². The Morgan fingerprint density at radius 1 is 1.53 bits per heavy atom. The zero-order valence-electron chi connectivity index (χ0n) is 11.5. The molecule has 19 heavy (non-hydrogen) atoms. The number of nitrogens with one attached hydrogen (secondary N) is 1. The molecule has 4 heteroatoms. The number of aliphatic hydroxyl groups is 1. The minimum absolute atomic E-state index is 0.0777. The van der Waals surface area contributed by atoms with Crippen molar-refractivity contribution in [2.75, 3.05) is 19.4 Å². The van der Waals surface area contributed by atoms with Crippen molar-refractivity contribution in [2.24, 2.45) is 0 Å². The molecule has 1 rings (SSSR count). The molecular weight excluding hydrogens is 258 g/mol. The Hall–Kier alpha value is -1.44. The summed E-state index contributed by atoms with van der Waals surface area (Å²) >= 11 is 1.72. The summed E-state index contributed by atoms with van der Waals surface area (Å²) in [5.74, 6) is 5.31. The summed E-state index contributed by atoms with van der Waals surface area (Å²) in [5, 5.41) is 12.0. The van der Waals surface area contributed by atoms with Gasteiger partial charge in [0, 0.05) is 22.9 Å². The molecular formula is C15H19NO2S. The van der Waals surface area contributed by atoms with Gasteiger partial charge in [-0.3, -0.25) is 4.79 Å². The number of benzene rings is 1. The molecule has 0 fully saturated rings. The quantitative estimate of drug-likeness (QED) is 0.825. The summed E-state index contributed by atoms with van der Waals surface area (Å²) in [7, 11) is 0. The summed E-state index contributed by atoms with van der Waals surface area (Å²) in [5.41, 5.74) is 2.30. The lowest BCUT2D eigenvalue weighted by atomic mass is 10.0. The third-order valence-electron chi connectivity index (χ3n) is 2.75. The van der Waals surface area contributed by atoms with Gasteiger partial charge in [-0.1, -0.05) is 24.8 Å². The Bertz CT molecular complexity index is 503. The normalized spacial score (nSPS) is 11.4. The van der Waals surface area contributed by atoms with E-state index in [-0.39, 0.29) is 12.5 Å². The Morgan fingerprint density at radius 2 is 2.26 bits per heavy atom. The Balaban J connectivity index is 2.83. The maximum atomic E-state index is 12.1. The standard InChI is InChI=1S/C15H19NO2S/c1-11-6-7-13(5-4-8-17)9-14(11)15(18)16-10-12(2)19-3/h6-7,9,12,17H,8,10H2,1-3H3,(H,16,18). The van der Waals surface area contributed by atoms with Crippen molar-refractivity contribution < 1.29 is 9.90 Å². The van der Waals surface area contributed by atoms with Gasteiger partial charge in [-0.15, -0.1) is 0 Å². The monoisotopic (exact) mass is 277 g/mol. The van der Waals surface area contributed by atoms with E-state index in [0.29, 0.717) is 17.4 Å². The van der Waals surface area contributed by atoms with Crippen LogP contribution in [0, 0.1) is 18.8 Å². The van der Waals surface area contributed by atoms with E-state index in [9.17, 15) is 4.79 Å². The van der Waals surface area contributed by atoms with Crippen LogP contribution < -0.4 is 5.32 Å². The second-order valence-corrected chi connectivity index (χ2v) is 5.52. The first kappa shape index (κ1) is 15.6. The van der Waals surface area contributed by atoms with E-state index in [0.717, 1.165) is 11.1 Å². The molecule has 2 N–H and O–H groups in total. The predicted molar refractivity (Wildman–Crippen MR) is 80.5 cm³/mol. The van der Waals surface area contributed by atoms with Crippen LogP contribution in [-0.2, 0) is 0 Å². The highest BCUT2D eigenvalue weighted by molar-refractivity contribution is 7.99. The number of carbonyl (C=O) groups excluding carboxylic acids is 1. The third-order valence-corrected chi connectivity index (χ3v) is 3.72. The topological polar surface area (TPSA) is 49.3 Å². The van der Waals surface area contributed by atoms with E-state index in [1.807, 2.05) is 25.3 Å². The van der Waals surface area contributed by atoms with Gasteiger partial charge in [-0.05, 0) is 30.9 Å². The Labute approximate surface area is 118 Å². The molecule has 1 unspecified atom stereocenters. The van der Waals surface area contributed by atoms with Crippen molar-refractivity contribution >= 4 is 17.7 Å². The molecule has 1 amide bonds. The number of hydrogen-bond acceptors (Lipinski definition) is 3. The minimum atomic E-state index is -0.180. The molecule has 3 nitrogen and oxygen atoms in total. The highest BCUT2D eigenvalue weighted by Gasteiger charge is 2.10. The zero-order valence-corrected chi connectivity index (χ0v) is 12.3. The SMILES string of the molecule is CSC(C)CNC(=O)c1cc(C#CCO)ccc1C. The number of amides is 1. The average Bonchev–Trinajstić information content (AvgIpc) is 2.43. The molecule has 0 bridgehead atoms. The first-order valence-corrected chi connectivity index (χ1v) is 7.38. The van der Waals surface area contributed by atoms with Crippen molar-refractivity contribution in [1.29, 1.82) is 0 Å². The maximum absolute atomic E-state index is 12.1. The first-order valence-electron chi connectivity index (χ1n) is 6.10. The van der Waals surface area contributed by atoms with Crippen LogP contribution in [0.15, 0.2) is 18.2 Å². The number of rotatable bonds is 4. The van der Waals surface area contributed by atoms with Crippen LogP contribution >= 0.6 is 11.8 Å². The van der Waals surface area contributed by atoms with Gasteiger partial charge in [-0.25, -0.2) is 0 Å². The molecule has 1 atom stereocenters. The highest BCUT2D eigenvalue weighted by Crippen LogP contribution is 2.11. The highest BCUT2D eigenvalue weighted by atomic mass is 32.2. The lowest BCUT2D eigenvalue weighted by Gasteiger charge is -2.11. The van der Waals surface area contributed by atoms with Gasteiger partial charge in [0.1, 0.15) is 6.61 Å². The van der Waals surface area contributed by atoms with E-state index < -0.39 is 0 Å². The minimum Gasteiger partial charge on any atom is -0.384 e. The molecule has 0 aliphatic heterocycles. The van der Waals surface area contributed by atoms with Crippen LogP contribution in [0.25, 0.3) is 0 Å². The van der Waals surface area contributed by atoms with Crippen LogP contribution in [0.2, 0.25) is 0 Å². The number of aliphatic hydroxyl groups excluding tert-OH is 1. The lowest BCUT2D eigenvalue weighted by molar-refractivity contribution is 0.0953. The first-order chi connectivity index (χ1) is 9.08. The van der Waals surface area contributed by atoms with Gasteiger partial charge in [-0.2, -0.15) is 11.8 Å². The van der Waals surface area contributed by atoms with Crippen LogP contribution in [0.1, 0.15) is 28.4 Å². The van der Waals surface area contributed by atoms with Crippen molar-refractivity contribution in [3.8, 4) is 11.8 Å². The molecule has 0 heterocycles. The largest absolute Gasteiger partial charge is 0.384 e. The van der Waals surface area contributed by atoms with Gasteiger partial charge in [0.05, 0.1) is 0 Å². The molecule has 1 aromatic carbocycles. The summed E-state index contributed by atoms with van der Waals surface area (Å²) < 4.78 is 0. The molecule has 0 saturated heterocycles. The molecule has 0 aliphatic rings. The van der Waals surface area contributed by atoms with E-state index in [2.05, 4.69) is 24.1 Å². The molecule has 0 saturated carbocycles. The van der Waals surface area contributed by atoms with E-state index in [1.54, 1.807) is 17.8 Å². The fraction of sp³-hybridized carbons (Fsp3) is 0.400. The van der Waals surface area contributed by atoms with Crippen LogP contribution in [0.5, 0.6) is 0 Å². The van der Waals surface area contributed by atoms with Crippen molar-refractivity contribution in [1.82, 2.24) is 5.32 Å². The van der Waals surface area contributed by atoms with Crippen molar-refractivity contribution in [3.05, 3.63) is 34.9 Å². The second-order valence-electron chi connectivity index (χ2n) is 4.25. The third kappa shape index (κ3) is 4.98.